The summed E-state index contributed by atoms with van der Waals surface area (Å²) >= 11 is 0. The van der Waals surface area contributed by atoms with Crippen LogP contribution in [-0.4, -0.2) is 34.8 Å². The average molecular weight is 263 g/mol. The van der Waals surface area contributed by atoms with Crippen LogP contribution in [0.25, 0.3) is 0 Å². The predicted molar refractivity (Wildman–Crippen MR) is 75.1 cm³/mol. The van der Waals surface area contributed by atoms with Crippen molar-refractivity contribution in [3.05, 3.63) is 18.7 Å². The fourth-order valence-corrected chi connectivity index (χ4v) is 3.77. The van der Waals surface area contributed by atoms with Gasteiger partial charge in [-0.3, -0.25) is 0 Å². The Morgan fingerprint density at radius 1 is 1.21 bits per heavy atom. The van der Waals surface area contributed by atoms with E-state index in [0.717, 1.165) is 0 Å². The van der Waals surface area contributed by atoms with Crippen LogP contribution in [0.4, 0.5) is 0 Å². The van der Waals surface area contributed by atoms with E-state index in [1.165, 1.54) is 44.9 Å². The molecule has 106 valence electrons. The normalized spacial score (nSPS) is 35.6. The Kier molecular flexibility index (Phi) is 4.18. The number of hydrogen-bond donors (Lipinski definition) is 1. The average Bonchev–Trinajstić information content (AvgIpc) is 3.09. The molecule has 1 N–H and O–H groups in total. The van der Waals surface area contributed by atoms with Gasteiger partial charge in [-0.25, -0.2) is 4.98 Å². The van der Waals surface area contributed by atoms with E-state index in [0.29, 0.717) is 24.2 Å². The zero-order valence-electron chi connectivity index (χ0n) is 11.8. The first-order valence-electron chi connectivity index (χ1n) is 7.63. The van der Waals surface area contributed by atoms with Crippen LogP contribution in [0.1, 0.15) is 51.0 Å². The topological polar surface area (TPSA) is 39.1 Å². The molecule has 0 amide bonds. The highest BCUT2D eigenvalue weighted by Crippen LogP contribution is 2.31. The molecule has 4 unspecified atom stereocenters. The van der Waals surface area contributed by atoms with Crippen molar-refractivity contribution in [2.75, 3.05) is 7.11 Å². The third kappa shape index (κ3) is 3.00. The van der Waals surface area contributed by atoms with E-state index in [1.54, 1.807) is 0 Å². The summed E-state index contributed by atoms with van der Waals surface area (Å²) in [6, 6.07) is 1.83. The molecule has 2 fully saturated rings. The van der Waals surface area contributed by atoms with Crippen molar-refractivity contribution >= 4 is 0 Å². The standard InChI is InChI=1S/C15H25N3O/c1-19-13-5-2-4-12(10-13)17-14-6-3-7-15(14)18-9-8-16-11-18/h8-9,11-15,17H,2-7,10H2,1H3. The molecule has 1 heterocycles. The summed E-state index contributed by atoms with van der Waals surface area (Å²) in [6.45, 7) is 0. The SMILES string of the molecule is COC1CCCC(NC2CCCC2n2ccnc2)C1. The van der Waals surface area contributed by atoms with Gasteiger partial charge in [-0.15, -0.1) is 0 Å². The molecule has 2 saturated carbocycles. The van der Waals surface area contributed by atoms with E-state index in [9.17, 15) is 0 Å². The summed E-state index contributed by atoms with van der Waals surface area (Å²) in [5.41, 5.74) is 0. The Labute approximate surface area is 115 Å². The fourth-order valence-electron chi connectivity index (χ4n) is 3.77. The molecule has 2 aliphatic carbocycles. The highest BCUT2D eigenvalue weighted by molar-refractivity contribution is 4.94. The third-order valence-electron chi connectivity index (χ3n) is 4.80. The van der Waals surface area contributed by atoms with Crippen LogP contribution in [-0.2, 0) is 4.74 Å². The molecule has 19 heavy (non-hydrogen) atoms. The molecule has 4 nitrogen and oxygen atoms in total. The second kappa shape index (κ2) is 6.06. The lowest BCUT2D eigenvalue weighted by Gasteiger charge is -2.33. The number of nitrogens with zero attached hydrogens (tertiary/aromatic N) is 2. The Bertz CT molecular complexity index is 379. The summed E-state index contributed by atoms with van der Waals surface area (Å²) in [4.78, 5) is 4.19. The number of hydrogen-bond acceptors (Lipinski definition) is 3. The minimum absolute atomic E-state index is 0.458. The van der Waals surface area contributed by atoms with Gasteiger partial charge in [0.2, 0.25) is 0 Å². The second-order valence-corrected chi connectivity index (χ2v) is 6.00. The van der Waals surface area contributed by atoms with E-state index in [1.807, 2.05) is 19.6 Å². The summed E-state index contributed by atoms with van der Waals surface area (Å²) < 4.78 is 7.81. The van der Waals surface area contributed by atoms with E-state index < -0.39 is 0 Å². The molecule has 0 saturated heterocycles. The zero-order valence-corrected chi connectivity index (χ0v) is 11.8. The van der Waals surface area contributed by atoms with Gasteiger partial charge in [0.05, 0.1) is 12.4 Å². The lowest BCUT2D eigenvalue weighted by atomic mass is 9.92. The second-order valence-electron chi connectivity index (χ2n) is 6.00. The Hall–Kier alpha value is -0.870. The van der Waals surface area contributed by atoms with Gasteiger partial charge in [-0.05, 0) is 44.9 Å². The molecule has 0 aromatic carbocycles. The Morgan fingerprint density at radius 3 is 2.89 bits per heavy atom. The van der Waals surface area contributed by atoms with Crippen molar-refractivity contribution < 1.29 is 4.74 Å². The van der Waals surface area contributed by atoms with Gasteiger partial charge < -0.3 is 14.6 Å². The lowest BCUT2D eigenvalue weighted by molar-refractivity contribution is 0.0560. The zero-order chi connectivity index (χ0) is 13.1. The van der Waals surface area contributed by atoms with Gasteiger partial charge in [0.15, 0.2) is 0 Å². The van der Waals surface area contributed by atoms with Crippen LogP contribution in [0, 0.1) is 0 Å². The summed E-state index contributed by atoms with van der Waals surface area (Å²) in [5, 5.41) is 3.89. The summed E-state index contributed by atoms with van der Waals surface area (Å²) in [5.74, 6) is 0. The number of imidazole rings is 1. The smallest absolute Gasteiger partial charge is 0.0949 e. The molecule has 0 spiro atoms. The molecule has 0 bridgehead atoms. The Morgan fingerprint density at radius 2 is 2.11 bits per heavy atom. The fraction of sp³-hybridized carbons (Fsp3) is 0.800. The van der Waals surface area contributed by atoms with Crippen LogP contribution < -0.4 is 5.32 Å². The molecule has 0 aliphatic heterocycles. The quantitative estimate of drug-likeness (QED) is 0.907. The minimum Gasteiger partial charge on any atom is -0.381 e. The molecular formula is C15H25N3O. The number of methoxy groups -OCH3 is 1. The van der Waals surface area contributed by atoms with Crippen LogP contribution in [0.3, 0.4) is 0 Å². The van der Waals surface area contributed by atoms with Crippen LogP contribution in [0.2, 0.25) is 0 Å². The van der Waals surface area contributed by atoms with Crippen LogP contribution >= 0.6 is 0 Å². The molecule has 1 aromatic heterocycles. The van der Waals surface area contributed by atoms with Gasteiger partial charge in [0.1, 0.15) is 0 Å². The van der Waals surface area contributed by atoms with Crippen molar-refractivity contribution in [2.24, 2.45) is 0 Å². The van der Waals surface area contributed by atoms with E-state index in [2.05, 4.69) is 21.1 Å². The molecule has 4 atom stereocenters. The molecule has 1 aromatic rings. The van der Waals surface area contributed by atoms with Crippen LogP contribution in [0.5, 0.6) is 0 Å². The van der Waals surface area contributed by atoms with Crippen LogP contribution in [0.15, 0.2) is 18.7 Å². The third-order valence-corrected chi connectivity index (χ3v) is 4.80. The first-order chi connectivity index (χ1) is 9.36. The molecule has 4 heteroatoms. The molecule has 0 radical (unpaired) electrons. The van der Waals surface area contributed by atoms with E-state index in [-0.39, 0.29) is 0 Å². The first-order valence-corrected chi connectivity index (χ1v) is 7.63. The van der Waals surface area contributed by atoms with Gasteiger partial charge >= 0.3 is 0 Å². The minimum atomic E-state index is 0.458. The van der Waals surface area contributed by atoms with Crippen molar-refractivity contribution in [1.82, 2.24) is 14.9 Å². The van der Waals surface area contributed by atoms with Crippen molar-refractivity contribution in [1.29, 1.82) is 0 Å². The number of aromatic nitrogens is 2. The summed E-state index contributed by atoms with van der Waals surface area (Å²) in [7, 11) is 1.84. The van der Waals surface area contributed by atoms with Gasteiger partial charge in [-0.2, -0.15) is 0 Å². The van der Waals surface area contributed by atoms with Crippen molar-refractivity contribution in [2.45, 2.75) is 69.2 Å². The van der Waals surface area contributed by atoms with Crippen molar-refractivity contribution in [3.8, 4) is 0 Å². The number of ether oxygens (including phenoxy) is 1. The number of nitrogens with one attached hydrogen (secondary N) is 1. The largest absolute Gasteiger partial charge is 0.381 e. The highest BCUT2D eigenvalue weighted by atomic mass is 16.5. The Balaban J connectivity index is 1.59. The summed E-state index contributed by atoms with van der Waals surface area (Å²) in [6.07, 6.45) is 15.3. The maximum Gasteiger partial charge on any atom is 0.0949 e. The molecule has 2 aliphatic rings. The van der Waals surface area contributed by atoms with Crippen molar-refractivity contribution in [3.63, 3.8) is 0 Å². The maximum atomic E-state index is 5.53. The molecular weight excluding hydrogens is 238 g/mol. The maximum absolute atomic E-state index is 5.53. The monoisotopic (exact) mass is 263 g/mol. The van der Waals surface area contributed by atoms with Gasteiger partial charge in [-0.1, -0.05) is 0 Å². The lowest BCUT2D eigenvalue weighted by Crippen LogP contribution is -2.44. The van der Waals surface area contributed by atoms with Gasteiger partial charge in [0.25, 0.3) is 0 Å². The van der Waals surface area contributed by atoms with E-state index in [4.69, 9.17) is 4.74 Å². The molecule has 3 rings (SSSR count). The number of rotatable bonds is 4. The van der Waals surface area contributed by atoms with E-state index >= 15 is 0 Å². The first kappa shape index (κ1) is 13.1. The predicted octanol–water partition coefficient (Wildman–Crippen LogP) is 2.52. The van der Waals surface area contributed by atoms with Gasteiger partial charge in [0, 0.05) is 37.6 Å². The highest BCUT2D eigenvalue weighted by Gasteiger charge is 2.31.